The smallest absolute Gasteiger partial charge is 0.163 e. The van der Waals surface area contributed by atoms with E-state index in [0.29, 0.717) is 5.75 Å². The Morgan fingerprint density at radius 3 is 3.00 bits per heavy atom. The number of methoxy groups -OCH3 is 1. The van der Waals surface area contributed by atoms with E-state index in [9.17, 15) is 5.11 Å². The van der Waals surface area contributed by atoms with E-state index < -0.39 is 0 Å². The Bertz CT molecular complexity index is 336. The van der Waals surface area contributed by atoms with Crippen molar-refractivity contribution >= 4 is 0 Å². The molecule has 0 saturated carbocycles. The van der Waals surface area contributed by atoms with E-state index in [-0.39, 0.29) is 11.8 Å². The number of aromatic hydroxyl groups is 1. The minimum atomic E-state index is 0.101. The summed E-state index contributed by atoms with van der Waals surface area (Å²) in [5.41, 5.74) is 8.05. The predicted molar refractivity (Wildman–Crippen MR) is 49.9 cm³/mol. The van der Waals surface area contributed by atoms with Crippen molar-refractivity contribution < 1.29 is 9.84 Å². The van der Waals surface area contributed by atoms with Crippen LogP contribution in [0.5, 0.6) is 11.5 Å². The van der Waals surface area contributed by atoms with Gasteiger partial charge in [0.05, 0.1) is 7.11 Å². The zero-order valence-corrected chi connectivity index (χ0v) is 7.58. The van der Waals surface area contributed by atoms with Crippen molar-refractivity contribution in [1.29, 1.82) is 0 Å². The summed E-state index contributed by atoms with van der Waals surface area (Å²) >= 11 is 0. The van der Waals surface area contributed by atoms with Crippen LogP contribution >= 0.6 is 0 Å². The Morgan fingerprint density at radius 2 is 2.31 bits per heavy atom. The second kappa shape index (κ2) is 2.92. The fourth-order valence-electron chi connectivity index (χ4n) is 1.92. The maximum atomic E-state index is 9.50. The van der Waals surface area contributed by atoms with Crippen molar-refractivity contribution in [2.75, 3.05) is 7.11 Å². The number of rotatable bonds is 1. The molecule has 0 saturated heterocycles. The van der Waals surface area contributed by atoms with E-state index >= 15 is 0 Å². The molecule has 0 amide bonds. The number of ether oxygens (including phenoxy) is 1. The maximum absolute atomic E-state index is 9.50. The largest absolute Gasteiger partial charge is 0.504 e. The summed E-state index contributed by atoms with van der Waals surface area (Å²) in [4.78, 5) is 0. The van der Waals surface area contributed by atoms with Gasteiger partial charge in [0, 0.05) is 11.6 Å². The zero-order valence-electron chi connectivity index (χ0n) is 7.58. The lowest BCUT2D eigenvalue weighted by Crippen LogP contribution is -2.05. The van der Waals surface area contributed by atoms with Gasteiger partial charge in [-0.05, 0) is 24.5 Å². The van der Waals surface area contributed by atoms with Gasteiger partial charge in [0.2, 0.25) is 0 Å². The molecule has 1 aliphatic rings. The van der Waals surface area contributed by atoms with E-state index in [1.807, 2.05) is 6.07 Å². The third-order valence-corrected chi connectivity index (χ3v) is 2.58. The van der Waals surface area contributed by atoms with Crippen LogP contribution in [0.15, 0.2) is 12.1 Å². The van der Waals surface area contributed by atoms with Crippen LogP contribution in [0, 0.1) is 0 Å². The third-order valence-electron chi connectivity index (χ3n) is 2.58. The maximum Gasteiger partial charge on any atom is 0.163 e. The van der Waals surface area contributed by atoms with Crippen molar-refractivity contribution in [3.05, 3.63) is 23.3 Å². The summed E-state index contributed by atoms with van der Waals surface area (Å²) in [5.74, 6) is 0.792. The first kappa shape index (κ1) is 8.38. The van der Waals surface area contributed by atoms with Gasteiger partial charge in [-0.3, -0.25) is 0 Å². The van der Waals surface area contributed by atoms with Crippen LogP contribution in [0.3, 0.4) is 0 Å². The normalized spacial score (nSPS) is 20.0. The average Bonchev–Trinajstić information content (AvgIpc) is 2.48. The summed E-state index contributed by atoms with van der Waals surface area (Å²) < 4.78 is 5.13. The zero-order chi connectivity index (χ0) is 9.42. The minimum absolute atomic E-state index is 0.101. The average molecular weight is 179 g/mol. The van der Waals surface area contributed by atoms with E-state index in [1.54, 1.807) is 13.2 Å². The topological polar surface area (TPSA) is 55.5 Å². The van der Waals surface area contributed by atoms with Crippen molar-refractivity contribution in [3.8, 4) is 11.5 Å². The molecule has 3 N–H and O–H groups in total. The van der Waals surface area contributed by atoms with Gasteiger partial charge in [-0.25, -0.2) is 0 Å². The minimum Gasteiger partial charge on any atom is -0.504 e. The van der Waals surface area contributed by atoms with Crippen LogP contribution in [0.1, 0.15) is 23.6 Å². The molecule has 2 rings (SSSR count). The molecule has 0 radical (unpaired) electrons. The Kier molecular flexibility index (Phi) is 1.88. The van der Waals surface area contributed by atoms with Crippen LogP contribution in [0.25, 0.3) is 0 Å². The molecule has 1 aromatic rings. The highest BCUT2D eigenvalue weighted by molar-refractivity contribution is 5.52. The highest BCUT2D eigenvalue weighted by Gasteiger charge is 2.23. The quantitative estimate of drug-likeness (QED) is 0.684. The number of hydrogen-bond donors (Lipinski definition) is 2. The molecule has 1 atom stereocenters. The summed E-state index contributed by atoms with van der Waals surface area (Å²) in [6.45, 7) is 0. The summed E-state index contributed by atoms with van der Waals surface area (Å²) in [6.07, 6.45) is 1.84. The first-order valence-corrected chi connectivity index (χ1v) is 4.38. The molecule has 70 valence electrons. The number of benzene rings is 1. The van der Waals surface area contributed by atoms with Crippen LogP contribution in [-0.2, 0) is 6.42 Å². The summed E-state index contributed by atoms with van der Waals surface area (Å²) in [7, 11) is 1.57. The van der Waals surface area contributed by atoms with Gasteiger partial charge < -0.3 is 15.6 Å². The van der Waals surface area contributed by atoms with Gasteiger partial charge in [0.25, 0.3) is 0 Å². The predicted octanol–water partition coefficient (Wildman–Crippen LogP) is 1.35. The number of nitrogens with two attached hydrogens (primary N) is 1. The first-order valence-electron chi connectivity index (χ1n) is 4.38. The molecule has 0 spiro atoms. The van der Waals surface area contributed by atoms with Crippen molar-refractivity contribution in [1.82, 2.24) is 0 Å². The van der Waals surface area contributed by atoms with E-state index in [0.717, 1.165) is 24.0 Å². The summed E-state index contributed by atoms with van der Waals surface area (Å²) in [6, 6.07) is 3.62. The van der Waals surface area contributed by atoms with Gasteiger partial charge in [-0.2, -0.15) is 0 Å². The second-order valence-corrected chi connectivity index (χ2v) is 3.33. The Hall–Kier alpha value is -1.22. The van der Waals surface area contributed by atoms with Crippen molar-refractivity contribution in [3.63, 3.8) is 0 Å². The lowest BCUT2D eigenvalue weighted by atomic mass is 10.1. The number of phenols is 1. The number of phenolic OH excluding ortho intramolecular Hbond substituents is 1. The molecule has 0 unspecified atom stereocenters. The molecule has 0 bridgehead atoms. The molecular formula is C10H13NO2. The van der Waals surface area contributed by atoms with Crippen LogP contribution in [-0.4, -0.2) is 12.2 Å². The molecule has 1 aromatic carbocycles. The molecule has 0 aromatic heterocycles. The van der Waals surface area contributed by atoms with Crippen LogP contribution < -0.4 is 10.5 Å². The standard InChI is InChI=1S/C10H13NO2/c1-13-10-7-2-4-8(11)6(7)3-5-9(10)12/h3,5,8,12H,2,4,11H2,1H3/t8-/m0/s1. The first-order chi connectivity index (χ1) is 6.24. The number of fused-ring (bicyclic) bond motifs is 1. The van der Waals surface area contributed by atoms with Gasteiger partial charge in [0.1, 0.15) is 0 Å². The fourth-order valence-corrected chi connectivity index (χ4v) is 1.92. The molecule has 0 heterocycles. The Morgan fingerprint density at radius 1 is 1.54 bits per heavy atom. The molecule has 3 heteroatoms. The number of hydrogen-bond acceptors (Lipinski definition) is 3. The summed E-state index contributed by atoms with van der Waals surface area (Å²) in [5, 5.41) is 9.50. The van der Waals surface area contributed by atoms with Gasteiger partial charge >= 0.3 is 0 Å². The van der Waals surface area contributed by atoms with Crippen LogP contribution in [0.2, 0.25) is 0 Å². The van der Waals surface area contributed by atoms with E-state index in [4.69, 9.17) is 10.5 Å². The molecule has 13 heavy (non-hydrogen) atoms. The lowest BCUT2D eigenvalue weighted by molar-refractivity contribution is 0.370. The molecule has 0 aliphatic heterocycles. The molecule has 1 aliphatic carbocycles. The Labute approximate surface area is 77.1 Å². The monoisotopic (exact) mass is 179 g/mol. The molecular weight excluding hydrogens is 166 g/mol. The molecule has 3 nitrogen and oxygen atoms in total. The van der Waals surface area contributed by atoms with Gasteiger partial charge in [0.15, 0.2) is 11.5 Å². The lowest BCUT2D eigenvalue weighted by Gasteiger charge is -2.10. The Balaban J connectivity index is 2.57. The van der Waals surface area contributed by atoms with Crippen LogP contribution in [0.4, 0.5) is 0 Å². The SMILES string of the molecule is COc1c(O)ccc2c1CC[C@@H]2N. The molecule has 0 fully saturated rings. The van der Waals surface area contributed by atoms with E-state index in [1.165, 1.54) is 0 Å². The van der Waals surface area contributed by atoms with E-state index in [2.05, 4.69) is 0 Å². The highest BCUT2D eigenvalue weighted by Crippen LogP contribution is 2.40. The van der Waals surface area contributed by atoms with Crippen molar-refractivity contribution in [2.24, 2.45) is 5.73 Å². The van der Waals surface area contributed by atoms with Gasteiger partial charge in [-0.1, -0.05) is 6.07 Å². The highest BCUT2D eigenvalue weighted by atomic mass is 16.5. The van der Waals surface area contributed by atoms with Crippen molar-refractivity contribution in [2.45, 2.75) is 18.9 Å². The third kappa shape index (κ3) is 1.16. The fraction of sp³-hybridized carbons (Fsp3) is 0.400. The van der Waals surface area contributed by atoms with Gasteiger partial charge in [-0.15, -0.1) is 0 Å². The second-order valence-electron chi connectivity index (χ2n) is 3.33.